The number of thioether (sulfide) groups is 6. The van der Waals surface area contributed by atoms with Crippen LogP contribution in [0.3, 0.4) is 0 Å². The molecule has 0 N–H and O–H groups in total. The lowest BCUT2D eigenvalue weighted by atomic mass is 10.1. The average molecular weight is 527 g/mol. The third-order valence-electron chi connectivity index (χ3n) is 4.63. The monoisotopic (exact) mass is 526 g/mol. The first-order chi connectivity index (χ1) is 13.8. The summed E-state index contributed by atoms with van der Waals surface area (Å²) in [6.07, 6.45) is 2.39. The molecule has 0 aliphatic carbocycles. The first-order valence-corrected chi connectivity index (χ1v) is 17.3. The van der Waals surface area contributed by atoms with Crippen molar-refractivity contribution in [3.8, 4) is 0 Å². The molecule has 2 aliphatic heterocycles. The zero-order chi connectivity index (χ0) is 19.6. The number of aryl methyl sites for hydroxylation is 2. The van der Waals surface area contributed by atoms with E-state index in [0.29, 0.717) is 0 Å². The van der Waals surface area contributed by atoms with Gasteiger partial charge in [-0.3, -0.25) is 0 Å². The molecule has 2 aliphatic rings. The van der Waals surface area contributed by atoms with Gasteiger partial charge in [0.25, 0.3) is 0 Å². The molecule has 0 nitrogen and oxygen atoms in total. The zero-order valence-corrected chi connectivity index (χ0v) is 22.7. The van der Waals surface area contributed by atoms with E-state index in [4.69, 9.17) is 0 Å². The van der Waals surface area contributed by atoms with E-state index in [9.17, 15) is 0 Å². The highest BCUT2D eigenvalue weighted by molar-refractivity contribution is 8.22. The molecule has 4 unspecified atom stereocenters. The Bertz CT molecular complexity index is 503. The van der Waals surface area contributed by atoms with Crippen molar-refractivity contribution in [2.75, 3.05) is 46.0 Å². The van der Waals surface area contributed by atoms with E-state index in [1.807, 2.05) is 0 Å². The maximum absolute atomic E-state index is 4.43. The molecular formula is C20H30S8. The van der Waals surface area contributed by atoms with E-state index in [0.717, 1.165) is 31.2 Å². The Morgan fingerprint density at radius 1 is 0.750 bits per heavy atom. The first-order valence-electron chi connectivity index (χ1n) is 9.76. The fourth-order valence-electron chi connectivity index (χ4n) is 2.99. The van der Waals surface area contributed by atoms with Crippen LogP contribution in [0.2, 0.25) is 0 Å². The van der Waals surface area contributed by atoms with Crippen LogP contribution in [0.25, 0.3) is 0 Å². The predicted octanol–water partition coefficient (Wildman–Crippen LogP) is 6.45. The summed E-state index contributed by atoms with van der Waals surface area (Å²) in [6, 6.07) is 9.38. The van der Waals surface area contributed by atoms with Gasteiger partial charge >= 0.3 is 0 Å². The van der Waals surface area contributed by atoms with Crippen LogP contribution in [-0.2, 0) is 12.8 Å². The third kappa shape index (κ3) is 8.87. The topological polar surface area (TPSA) is 0 Å². The van der Waals surface area contributed by atoms with E-state index in [1.54, 1.807) is 0 Å². The van der Waals surface area contributed by atoms with Crippen LogP contribution in [0.4, 0.5) is 0 Å². The molecule has 8 heteroatoms. The Balaban J connectivity index is 1.23. The lowest BCUT2D eigenvalue weighted by Crippen LogP contribution is -2.03. The molecule has 158 valence electrons. The van der Waals surface area contributed by atoms with E-state index < -0.39 is 0 Å². The fourth-order valence-corrected chi connectivity index (χ4v) is 13.4. The molecule has 0 spiro atoms. The van der Waals surface area contributed by atoms with Crippen molar-refractivity contribution in [3.63, 3.8) is 0 Å². The second-order valence-electron chi connectivity index (χ2n) is 6.87. The summed E-state index contributed by atoms with van der Waals surface area (Å²) in [4.78, 5) is 0. The third-order valence-corrected chi connectivity index (χ3v) is 15.5. The Hall–Kier alpha value is 2.02. The molecule has 4 atom stereocenters. The minimum atomic E-state index is 0.769. The summed E-state index contributed by atoms with van der Waals surface area (Å²) in [7, 11) is 0. The number of hydrogen-bond acceptors (Lipinski definition) is 8. The maximum atomic E-state index is 4.43. The van der Waals surface area contributed by atoms with E-state index in [2.05, 4.69) is 120 Å². The molecule has 2 heterocycles. The maximum Gasteiger partial charge on any atom is 0.0596 e. The van der Waals surface area contributed by atoms with Crippen LogP contribution in [0.15, 0.2) is 24.3 Å². The average Bonchev–Trinajstić information content (AvgIpc) is 3.38. The van der Waals surface area contributed by atoms with Crippen molar-refractivity contribution >= 4 is 95.8 Å². The summed E-state index contributed by atoms with van der Waals surface area (Å²) in [6.45, 7) is 0. The van der Waals surface area contributed by atoms with Crippen LogP contribution in [0, 0.1) is 0 Å². The number of thiol groups is 2. The van der Waals surface area contributed by atoms with Gasteiger partial charge < -0.3 is 0 Å². The number of hydrogen-bond donors (Lipinski definition) is 2. The molecule has 1 aromatic carbocycles. The molecular weight excluding hydrogens is 497 g/mol. The van der Waals surface area contributed by atoms with Gasteiger partial charge in [0.1, 0.15) is 0 Å². The second-order valence-corrected chi connectivity index (χ2v) is 16.0. The molecule has 0 bridgehead atoms. The van der Waals surface area contributed by atoms with Gasteiger partial charge in [-0.15, -0.1) is 47.0 Å². The van der Waals surface area contributed by atoms with Crippen LogP contribution >= 0.6 is 95.8 Å². The SMILES string of the molecule is SCC1CSC(CSCCc2ccc(CCSCC3SCC(CS)S3)cc2)S1. The second kappa shape index (κ2) is 14.2. The van der Waals surface area contributed by atoms with Crippen molar-refractivity contribution in [2.24, 2.45) is 0 Å². The van der Waals surface area contributed by atoms with Gasteiger partial charge in [-0.05, 0) is 35.5 Å². The molecule has 0 aromatic heterocycles. The molecule has 28 heavy (non-hydrogen) atoms. The molecule has 1 aromatic rings. The summed E-state index contributed by atoms with van der Waals surface area (Å²) in [5.41, 5.74) is 2.97. The van der Waals surface area contributed by atoms with Crippen molar-refractivity contribution < 1.29 is 0 Å². The largest absolute Gasteiger partial charge is 0.178 e. The van der Waals surface area contributed by atoms with Crippen LogP contribution < -0.4 is 0 Å². The first kappa shape index (κ1) is 24.7. The molecule has 3 rings (SSSR count). The lowest BCUT2D eigenvalue weighted by Gasteiger charge is -2.10. The minimum Gasteiger partial charge on any atom is -0.178 e. The summed E-state index contributed by atoms with van der Waals surface area (Å²) in [5, 5.41) is 1.54. The highest BCUT2D eigenvalue weighted by Gasteiger charge is 2.25. The van der Waals surface area contributed by atoms with E-state index in [-0.39, 0.29) is 0 Å². The Morgan fingerprint density at radius 2 is 1.18 bits per heavy atom. The predicted molar refractivity (Wildman–Crippen MR) is 151 cm³/mol. The summed E-state index contributed by atoms with van der Waals surface area (Å²) >= 11 is 21.6. The number of rotatable bonds is 12. The highest BCUT2D eigenvalue weighted by Crippen LogP contribution is 2.40. The molecule has 0 amide bonds. The van der Waals surface area contributed by atoms with Gasteiger partial charge in [-0.2, -0.15) is 48.8 Å². The fraction of sp³-hybridized carbons (Fsp3) is 0.700. The molecule has 0 saturated carbocycles. The van der Waals surface area contributed by atoms with Crippen LogP contribution in [0.1, 0.15) is 11.1 Å². The van der Waals surface area contributed by atoms with Gasteiger partial charge in [-0.25, -0.2) is 0 Å². The standard InChI is InChI=1S/C20H30S8/c21-9-17-11-25-19(27-17)13-23-7-5-15-1-2-16(4-3-15)6-8-24-14-20-26-12-18(10-22)28-20/h1-4,17-22H,5-14H2. The van der Waals surface area contributed by atoms with Gasteiger partial charge in [0, 0.05) is 45.0 Å². The zero-order valence-electron chi connectivity index (χ0n) is 16.0. The minimum absolute atomic E-state index is 0.769. The van der Waals surface area contributed by atoms with Gasteiger partial charge in [0.15, 0.2) is 0 Å². The van der Waals surface area contributed by atoms with Gasteiger partial charge in [-0.1, -0.05) is 24.3 Å². The van der Waals surface area contributed by atoms with Crippen molar-refractivity contribution in [2.45, 2.75) is 32.5 Å². The van der Waals surface area contributed by atoms with Crippen molar-refractivity contribution in [1.82, 2.24) is 0 Å². The van der Waals surface area contributed by atoms with Gasteiger partial charge in [0.05, 0.1) is 9.16 Å². The molecule has 2 saturated heterocycles. The lowest BCUT2D eigenvalue weighted by molar-refractivity contribution is 1.11. The Labute approximate surface area is 208 Å². The van der Waals surface area contributed by atoms with Crippen molar-refractivity contribution in [1.29, 1.82) is 0 Å². The summed E-state index contributed by atoms with van der Waals surface area (Å²) in [5.74, 6) is 9.66. The van der Waals surface area contributed by atoms with Crippen LogP contribution in [0.5, 0.6) is 0 Å². The van der Waals surface area contributed by atoms with Crippen molar-refractivity contribution in [3.05, 3.63) is 35.4 Å². The normalized spacial score (nSPS) is 27.5. The smallest absolute Gasteiger partial charge is 0.0596 e. The quantitative estimate of drug-likeness (QED) is 0.236. The Kier molecular flexibility index (Phi) is 12.5. The van der Waals surface area contributed by atoms with E-state index in [1.165, 1.54) is 58.5 Å². The van der Waals surface area contributed by atoms with E-state index >= 15 is 0 Å². The molecule has 0 radical (unpaired) electrons. The highest BCUT2D eigenvalue weighted by atomic mass is 32.2. The molecule has 2 fully saturated rings. The Morgan fingerprint density at radius 3 is 1.54 bits per heavy atom. The number of benzene rings is 1. The summed E-state index contributed by atoms with van der Waals surface area (Å²) < 4.78 is 1.57. The van der Waals surface area contributed by atoms with Crippen LogP contribution in [-0.4, -0.2) is 65.7 Å². The van der Waals surface area contributed by atoms with Gasteiger partial charge in [0.2, 0.25) is 0 Å².